The molecule has 0 fully saturated rings. The van der Waals surface area contributed by atoms with Crippen molar-refractivity contribution in [3.8, 4) is 0 Å². The van der Waals surface area contributed by atoms with Crippen molar-refractivity contribution in [1.82, 2.24) is 14.5 Å². The smallest absolute Gasteiger partial charge is 0.262 e. The molecule has 0 aliphatic carbocycles. The highest BCUT2D eigenvalue weighted by molar-refractivity contribution is 7.99. The summed E-state index contributed by atoms with van der Waals surface area (Å²) in [5.74, 6) is 0.735. The van der Waals surface area contributed by atoms with Crippen molar-refractivity contribution in [1.29, 1.82) is 0 Å². The molecule has 3 aromatic rings. The molecule has 0 saturated heterocycles. The lowest BCUT2D eigenvalue weighted by molar-refractivity contribution is -0.127. The van der Waals surface area contributed by atoms with Crippen molar-refractivity contribution in [2.24, 2.45) is 5.92 Å². The van der Waals surface area contributed by atoms with Gasteiger partial charge >= 0.3 is 0 Å². The highest BCUT2D eigenvalue weighted by Gasteiger charge is 2.16. The van der Waals surface area contributed by atoms with Crippen LogP contribution in [0.1, 0.15) is 31.4 Å². The fourth-order valence-electron chi connectivity index (χ4n) is 3.21. The van der Waals surface area contributed by atoms with Crippen LogP contribution in [0, 0.1) is 12.8 Å². The van der Waals surface area contributed by atoms with Gasteiger partial charge in [-0.05, 0) is 42.5 Å². The first-order chi connectivity index (χ1) is 14.4. The van der Waals surface area contributed by atoms with Gasteiger partial charge in [0, 0.05) is 20.1 Å². The fraction of sp³-hybridized carbons (Fsp3) is 0.375. The first-order valence-electron chi connectivity index (χ1n) is 10.3. The zero-order valence-corrected chi connectivity index (χ0v) is 18.9. The Kier molecular flexibility index (Phi) is 7.32. The van der Waals surface area contributed by atoms with E-state index >= 15 is 0 Å². The van der Waals surface area contributed by atoms with Gasteiger partial charge in [0.1, 0.15) is 0 Å². The molecule has 0 unspecified atom stereocenters. The van der Waals surface area contributed by atoms with Crippen molar-refractivity contribution in [2.75, 3.05) is 12.8 Å². The molecule has 6 heteroatoms. The van der Waals surface area contributed by atoms with E-state index in [1.807, 2.05) is 49.5 Å². The van der Waals surface area contributed by atoms with E-state index in [-0.39, 0.29) is 17.2 Å². The number of hydrogen-bond donors (Lipinski definition) is 0. The van der Waals surface area contributed by atoms with Crippen molar-refractivity contribution in [3.63, 3.8) is 0 Å². The maximum atomic E-state index is 13.0. The predicted octanol–water partition coefficient (Wildman–Crippen LogP) is 4.50. The summed E-state index contributed by atoms with van der Waals surface area (Å²) in [4.78, 5) is 32.2. The third kappa shape index (κ3) is 5.30. The van der Waals surface area contributed by atoms with Crippen LogP contribution in [0.25, 0.3) is 10.9 Å². The van der Waals surface area contributed by atoms with Gasteiger partial charge in [0.15, 0.2) is 5.16 Å². The Morgan fingerprint density at radius 2 is 1.83 bits per heavy atom. The molecule has 0 aliphatic heterocycles. The Labute approximate surface area is 182 Å². The molecule has 5 nitrogen and oxygen atoms in total. The van der Waals surface area contributed by atoms with E-state index in [1.165, 1.54) is 17.3 Å². The number of amides is 1. The van der Waals surface area contributed by atoms with Crippen LogP contribution in [0.4, 0.5) is 0 Å². The molecule has 1 heterocycles. The van der Waals surface area contributed by atoms with Gasteiger partial charge in [-0.2, -0.15) is 0 Å². The molecule has 0 spiro atoms. The third-order valence-electron chi connectivity index (χ3n) is 5.18. The minimum Gasteiger partial charge on any atom is -0.341 e. The van der Waals surface area contributed by atoms with Gasteiger partial charge in [-0.25, -0.2) is 4.98 Å². The third-order valence-corrected chi connectivity index (χ3v) is 6.14. The SMILES string of the molecule is Cc1ccccc1CN(C)C(=O)CSc1nc2ccccc2c(=O)n1CCC(C)C. The molecule has 30 heavy (non-hydrogen) atoms. The fourth-order valence-corrected chi connectivity index (χ4v) is 4.18. The van der Waals surface area contributed by atoms with E-state index in [0.29, 0.717) is 35.1 Å². The molecule has 0 bridgehead atoms. The standard InChI is InChI=1S/C24H29N3O2S/c1-17(2)13-14-27-23(29)20-11-7-8-12-21(20)25-24(27)30-16-22(28)26(4)15-19-10-6-5-9-18(19)3/h5-12,17H,13-16H2,1-4H3. The summed E-state index contributed by atoms with van der Waals surface area (Å²) in [6.07, 6.45) is 0.884. The van der Waals surface area contributed by atoms with Gasteiger partial charge in [-0.1, -0.05) is 62.0 Å². The van der Waals surface area contributed by atoms with Crippen molar-refractivity contribution < 1.29 is 4.79 Å². The molecule has 1 amide bonds. The number of carbonyl (C=O) groups excluding carboxylic acids is 1. The summed E-state index contributed by atoms with van der Waals surface area (Å²) >= 11 is 1.34. The first kappa shape index (κ1) is 22.1. The minimum absolute atomic E-state index is 0.0149. The average Bonchev–Trinajstić information content (AvgIpc) is 2.73. The van der Waals surface area contributed by atoms with Crippen LogP contribution in [0.15, 0.2) is 58.5 Å². The zero-order chi connectivity index (χ0) is 21.7. The second-order valence-corrected chi connectivity index (χ2v) is 8.96. The second-order valence-electron chi connectivity index (χ2n) is 8.02. The minimum atomic E-state index is -0.0375. The Morgan fingerprint density at radius 1 is 1.13 bits per heavy atom. The Bertz CT molecular complexity index is 1090. The van der Waals surface area contributed by atoms with E-state index < -0.39 is 0 Å². The van der Waals surface area contributed by atoms with Crippen LogP contribution in [0.5, 0.6) is 0 Å². The summed E-state index contributed by atoms with van der Waals surface area (Å²) in [5.41, 5.74) is 2.94. The van der Waals surface area contributed by atoms with Crippen LogP contribution in [0.2, 0.25) is 0 Å². The number of aromatic nitrogens is 2. The zero-order valence-electron chi connectivity index (χ0n) is 18.1. The number of para-hydroxylation sites is 1. The van der Waals surface area contributed by atoms with Crippen LogP contribution < -0.4 is 5.56 Å². The van der Waals surface area contributed by atoms with E-state index in [0.717, 1.165) is 12.0 Å². The van der Waals surface area contributed by atoms with Gasteiger partial charge in [-0.3, -0.25) is 14.2 Å². The predicted molar refractivity (Wildman–Crippen MR) is 124 cm³/mol. The van der Waals surface area contributed by atoms with Gasteiger partial charge in [0.05, 0.1) is 16.7 Å². The lowest BCUT2D eigenvalue weighted by atomic mass is 10.1. The van der Waals surface area contributed by atoms with Gasteiger partial charge < -0.3 is 4.90 Å². The molecule has 1 aromatic heterocycles. The van der Waals surface area contributed by atoms with Crippen LogP contribution in [-0.2, 0) is 17.9 Å². The number of thioether (sulfide) groups is 1. The van der Waals surface area contributed by atoms with E-state index in [1.54, 1.807) is 9.47 Å². The molecule has 0 radical (unpaired) electrons. The molecule has 3 rings (SSSR count). The number of carbonyl (C=O) groups is 1. The van der Waals surface area contributed by atoms with Crippen LogP contribution in [0.3, 0.4) is 0 Å². The van der Waals surface area contributed by atoms with Crippen molar-refractivity contribution >= 4 is 28.6 Å². The monoisotopic (exact) mass is 423 g/mol. The molecule has 0 N–H and O–H groups in total. The number of aryl methyl sites for hydroxylation is 1. The summed E-state index contributed by atoms with van der Waals surface area (Å²) in [5, 5.41) is 1.23. The number of nitrogens with zero attached hydrogens (tertiary/aromatic N) is 3. The van der Waals surface area contributed by atoms with Crippen molar-refractivity contribution in [2.45, 2.75) is 45.4 Å². The normalized spacial score (nSPS) is 11.2. The molecule has 2 aromatic carbocycles. The van der Waals surface area contributed by atoms with Crippen LogP contribution in [-0.4, -0.2) is 33.2 Å². The van der Waals surface area contributed by atoms with Gasteiger partial charge in [0.25, 0.3) is 5.56 Å². The maximum Gasteiger partial charge on any atom is 0.262 e. The highest BCUT2D eigenvalue weighted by Crippen LogP contribution is 2.20. The quantitative estimate of drug-likeness (QED) is 0.395. The van der Waals surface area contributed by atoms with E-state index in [9.17, 15) is 9.59 Å². The molecular formula is C24H29N3O2S. The maximum absolute atomic E-state index is 13.0. The summed E-state index contributed by atoms with van der Waals surface area (Å²) in [6.45, 7) is 7.49. The summed E-state index contributed by atoms with van der Waals surface area (Å²) < 4.78 is 1.72. The van der Waals surface area contributed by atoms with Gasteiger partial charge in [-0.15, -0.1) is 0 Å². The Balaban J connectivity index is 1.78. The molecule has 158 valence electrons. The van der Waals surface area contributed by atoms with Gasteiger partial charge in [0.2, 0.25) is 5.91 Å². The Hall–Kier alpha value is -2.60. The highest BCUT2D eigenvalue weighted by atomic mass is 32.2. The van der Waals surface area contributed by atoms with Crippen LogP contribution >= 0.6 is 11.8 Å². The lowest BCUT2D eigenvalue weighted by Crippen LogP contribution is -2.29. The first-order valence-corrected chi connectivity index (χ1v) is 11.3. The second kappa shape index (κ2) is 9.94. The summed E-state index contributed by atoms with van der Waals surface area (Å²) in [6, 6.07) is 15.5. The number of benzene rings is 2. The molecule has 0 atom stereocenters. The topological polar surface area (TPSA) is 55.2 Å². The number of hydrogen-bond acceptors (Lipinski definition) is 4. The lowest BCUT2D eigenvalue weighted by Gasteiger charge is -2.19. The van der Waals surface area contributed by atoms with Crippen molar-refractivity contribution in [3.05, 3.63) is 70.0 Å². The molecule has 0 aliphatic rings. The van der Waals surface area contributed by atoms with E-state index in [4.69, 9.17) is 4.98 Å². The van der Waals surface area contributed by atoms with E-state index in [2.05, 4.69) is 26.8 Å². The average molecular weight is 424 g/mol. The summed E-state index contributed by atoms with van der Waals surface area (Å²) in [7, 11) is 1.81. The number of rotatable bonds is 8. The molecular weight excluding hydrogens is 394 g/mol. The number of fused-ring (bicyclic) bond motifs is 1. The molecule has 0 saturated carbocycles. The largest absolute Gasteiger partial charge is 0.341 e. The Morgan fingerprint density at radius 3 is 2.57 bits per heavy atom.